The molecule has 8 bridgehead atoms. The van der Waals surface area contributed by atoms with Crippen LogP contribution in [0.2, 0.25) is 0 Å². The van der Waals surface area contributed by atoms with Crippen molar-refractivity contribution in [1.29, 1.82) is 0 Å². The van der Waals surface area contributed by atoms with Crippen molar-refractivity contribution in [3.8, 4) is 0 Å². The van der Waals surface area contributed by atoms with Gasteiger partial charge in [0.15, 0.2) is 5.41 Å². The molecule has 0 amide bonds. The number of hydrogen-bond donors (Lipinski definition) is 2. The van der Waals surface area contributed by atoms with E-state index in [-0.39, 0.29) is 24.0 Å². The molecule has 0 aromatic rings. The number of alkyl halides is 4. The molecule has 2 N–H and O–H groups in total. The molecule has 4 atom stereocenters. The Kier molecular flexibility index (Phi) is 7.41. The fraction of sp³-hybridized carbons (Fsp3) is 0.935. The zero-order chi connectivity index (χ0) is 30.3. The van der Waals surface area contributed by atoms with Gasteiger partial charge >= 0.3 is 18.1 Å². The zero-order valence-electron chi connectivity index (χ0n) is 24.7. The second kappa shape index (κ2) is 9.80. The molecular weight excluding hydrogens is 544 g/mol. The summed E-state index contributed by atoms with van der Waals surface area (Å²) in [6, 6.07) is 0. The Hall–Kier alpha value is -1.42. The molecule has 0 aromatic heterocycles. The fourth-order valence-corrected chi connectivity index (χ4v) is 10.0. The lowest BCUT2D eigenvalue weighted by Crippen LogP contribution is -2.57. The standard InChI is InChI=1S/C16H23F3O3.C15H23FO3/c1-13(2,16(17,18)19)12(20)22-9-14-4-10-3-11(5-14)7-15(21,6-10)8-14;1-13(2,16)12(17)19-9-14-4-10-3-11(5-14)7-15(18,6-10)8-14/h10-11,21H,3-9H2,1-2H3;10-11,18H,3-9H2,1-2H3. The summed E-state index contributed by atoms with van der Waals surface area (Å²) in [5.41, 5.74) is -6.10. The maximum atomic E-state index is 13.5. The SMILES string of the molecule is CC(C)(C(=O)OCC12CC3CC(CC(O)(C3)C1)C2)C(F)(F)F.CC(C)(F)C(=O)OCC12CC3CC(CC(O)(C3)C1)C2. The van der Waals surface area contributed by atoms with Crippen LogP contribution in [0, 0.1) is 39.9 Å². The number of esters is 2. The van der Waals surface area contributed by atoms with Crippen LogP contribution >= 0.6 is 0 Å². The largest absolute Gasteiger partial charge is 0.464 e. The van der Waals surface area contributed by atoms with Crippen LogP contribution in [0.15, 0.2) is 0 Å². The number of rotatable bonds is 6. The maximum absolute atomic E-state index is 13.5. The van der Waals surface area contributed by atoms with Crippen LogP contribution in [0.25, 0.3) is 0 Å². The third kappa shape index (κ3) is 6.16. The molecule has 6 nitrogen and oxygen atoms in total. The van der Waals surface area contributed by atoms with E-state index in [0.29, 0.717) is 36.5 Å². The summed E-state index contributed by atoms with van der Waals surface area (Å²) >= 11 is 0. The molecule has 0 aromatic carbocycles. The highest BCUT2D eigenvalue weighted by Crippen LogP contribution is 2.63. The van der Waals surface area contributed by atoms with Gasteiger partial charge in [-0.25, -0.2) is 9.18 Å². The number of ether oxygens (including phenoxy) is 2. The molecule has 8 rings (SSSR count). The molecule has 0 aliphatic heterocycles. The minimum atomic E-state index is -4.62. The molecule has 8 aliphatic carbocycles. The first kappa shape index (κ1) is 31.0. The quantitative estimate of drug-likeness (QED) is 0.289. The Labute approximate surface area is 239 Å². The second-order valence-electron chi connectivity index (χ2n) is 16.1. The lowest BCUT2D eigenvalue weighted by Gasteiger charge is -2.60. The van der Waals surface area contributed by atoms with Gasteiger partial charge in [-0.2, -0.15) is 13.2 Å². The minimum Gasteiger partial charge on any atom is -0.464 e. The maximum Gasteiger partial charge on any atom is 0.404 e. The molecule has 0 saturated heterocycles. The van der Waals surface area contributed by atoms with Crippen molar-refractivity contribution in [2.45, 2.75) is 128 Å². The van der Waals surface area contributed by atoms with E-state index < -0.39 is 40.4 Å². The first-order valence-corrected chi connectivity index (χ1v) is 15.2. The Morgan fingerprint density at radius 1 is 0.659 bits per heavy atom. The van der Waals surface area contributed by atoms with Crippen molar-refractivity contribution in [3.63, 3.8) is 0 Å². The number of hydrogen-bond acceptors (Lipinski definition) is 6. The third-order valence-electron chi connectivity index (χ3n) is 11.0. The monoisotopic (exact) mass is 590 g/mol. The molecular formula is C31H46F4O6. The summed E-state index contributed by atoms with van der Waals surface area (Å²) < 4.78 is 62.5. The van der Waals surface area contributed by atoms with Gasteiger partial charge in [0.05, 0.1) is 24.4 Å². The average molecular weight is 591 g/mol. The van der Waals surface area contributed by atoms with Gasteiger partial charge in [-0.05, 0) is 128 Å². The predicted octanol–water partition coefficient (Wildman–Crippen LogP) is 6.06. The van der Waals surface area contributed by atoms with Crippen LogP contribution in [0.3, 0.4) is 0 Å². The van der Waals surface area contributed by atoms with Crippen molar-refractivity contribution in [2.24, 2.45) is 39.9 Å². The van der Waals surface area contributed by atoms with Crippen LogP contribution in [0.5, 0.6) is 0 Å². The summed E-state index contributed by atoms with van der Waals surface area (Å²) in [7, 11) is 0. The van der Waals surface area contributed by atoms with E-state index in [4.69, 9.17) is 9.47 Å². The van der Waals surface area contributed by atoms with E-state index >= 15 is 0 Å². The van der Waals surface area contributed by atoms with Crippen molar-refractivity contribution in [2.75, 3.05) is 13.2 Å². The number of aliphatic hydroxyl groups is 2. The summed E-state index contributed by atoms with van der Waals surface area (Å²) in [5, 5.41) is 21.2. The van der Waals surface area contributed by atoms with Crippen molar-refractivity contribution in [1.82, 2.24) is 0 Å². The first-order valence-electron chi connectivity index (χ1n) is 15.2. The molecule has 10 heteroatoms. The van der Waals surface area contributed by atoms with Gasteiger partial charge in [-0.3, -0.25) is 4.79 Å². The second-order valence-corrected chi connectivity index (χ2v) is 16.1. The highest BCUT2D eigenvalue weighted by Gasteiger charge is 2.60. The molecule has 8 saturated carbocycles. The Morgan fingerprint density at radius 3 is 1.29 bits per heavy atom. The highest BCUT2D eigenvalue weighted by atomic mass is 19.4. The van der Waals surface area contributed by atoms with Gasteiger partial charge in [0.2, 0.25) is 5.67 Å². The van der Waals surface area contributed by atoms with E-state index in [9.17, 15) is 37.4 Å². The Morgan fingerprint density at radius 2 is 1.00 bits per heavy atom. The third-order valence-corrected chi connectivity index (χ3v) is 11.0. The normalized spacial score (nSPS) is 42.5. The van der Waals surface area contributed by atoms with Gasteiger partial charge in [-0.1, -0.05) is 0 Å². The van der Waals surface area contributed by atoms with Gasteiger partial charge < -0.3 is 19.7 Å². The first-order chi connectivity index (χ1) is 18.6. The fourth-order valence-electron chi connectivity index (χ4n) is 10.0. The predicted molar refractivity (Wildman–Crippen MR) is 141 cm³/mol. The van der Waals surface area contributed by atoms with Crippen LogP contribution in [0.4, 0.5) is 17.6 Å². The van der Waals surface area contributed by atoms with Gasteiger partial charge in [0.25, 0.3) is 0 Å². The van der Waals surface area contributed by atoms with Crippen molar-refractivity contribution in [3.05, 3.63) is 0 Å². The zero-order valence-corrected chi connectivity index (χ0v) is 24.7. The van der Waals surface area contributed by atoms with E-state index in [1.54, 1.807) is 0 Å². The summed E-state index contributed by atoms with van der Waals surface area (Å²) in [6.45, 7) is 4.42. The Bertz CT molecular complexity index is 1020. The summed E-state index contributed by atoms with van der Waals surface area (Å²) in [4.78, 5) is 23.5. The van der Waals surface area contributed by atoms with E-state index in [1.165, 1.54) is 20.3 Å². The van der Waals surface area contributed by atoms with Gasteiger partial charge in [-0.15, -0.1) is 0 Å². The topological polar surface area (TPSA) is 93.1 Å². The molecule has 0 heterocycles. The molecule has 0 spiro atoms. The van der Waals surface area contributed by atoms with E-state index in [1.807, 2.05) is 0 Å². The van der Waals surface area contributed by atoms with Crippen LogP contribution in [-0.2, 0) is 19.1 Å². The lowest BCUT2D eigenvalue weighted by molar-refractivity contribution is -0.231. The molecule has 234 valence electrons. The lowest BCUT2D eigenvalue weighted by atomic mass is 9.48. The number of halogens is 4. The van der Waals surface area contributed by atoms with Crippen LogP contribution in [0.1, 0.15) is 105 Å². The highest BCUT2D eigenvalue weighted by molar-refractivity contribution is 5.78. The van der Waals surface area contributed by atoms with Crippen molar-refractivity contribution < 1.29 is 46.8 Å². The van der Waals surface area contributed by atoms with Gasteiger partial charge in [0, 0.05) is 10.8 Å². The molecule has 4 unspecified atom stereocenters. The van der Waals surface area contributed by atoms with Crippen LogP contribution in [-0.4, -0.2) is 58.4 Å². The number of carbonyl (C=O) groups excluding carboxylic acids is 2. The summed E-state index contributed by atoms with van der Waals surface area (Å²) in [5.74, 6) is -0.0502. The molecule has 0 radical (unpaired) electrons. The molecule has 41 heavy (non-hydrogen) atoms. The molecule has 8 fully saturated rings. The van der Waals surface area contributed by atoms with E-state index in [2.05, 4.69) is 0 Å². The van der Waals surface area contributed by atoms with Crippen molar-refractivity contribution >= 4 is 11.9 Å². The van der Waals surface area contributed by atoms with Crippen LogP contribution < -0.4 is 0 Å². The summed E-state index contributed by atoms with van der Waals surface area (Å²) in [6.07, 6.45) is 6.04. The molecule has 8 aliphatic rings. The van der Waals surface area contributed by atoms with Gasteiger partial charge in [0.1, 0.15) is 0 Å². The smallest absolute Gasteiger partial charge is 0.404 e. The Balaban J connectivity index is 0.000000166. The van der Waals surface area contributed by atoms with E-state index in [0.717, 1.165) is 71.6 Å². The average Bonchev–Trinajstić information content (AvgIpc) is 2.77. The number of carbonyl (C=O) groups is 2. The minimum absolute atomic E-state index is 0.000648.